The quantitative estimate of drug-likeness (QED) is 0.775. The number of piperidine rings is 1. The number of Topliss-reactive ketones (excluding diaryl/α,β-unsaturated/α-hetero) is 1. The maximum absolute atomic E-state index is 12.6. The van der Waals surface area contributed by atoms with Gasteiger partial charge in [0.15, 0.2) is 5.78 Å². The lowest BCUT2D eigenvalue weighted by Crippen LogP contribution is -2.37. The highest BCUT2D eigenvalue weighted by atomic mass is 16.5. The Bertz CT molecular complexity index is 502. The topological polar surface area (TPSA) is 29.5 Å². The molecule has 1 aliphatic rings. The molecule has 0 saturated carbocycles. The van der Waals surface area contributed by atoms with Gasteiger partial charge in [-0.05, 0) is 75.9 Å². The Kier molecular flexibility index (Phi) is 5.40. The number of rotatable bonds is 5. The summed E-state index contributed by atoms with van der Waals surface area (Å²) in [7, 11) is 0. The molecule has 1 aliphatic heterocycles. The van der Waals surface area contributed by atoms with Crippen LogP contribution in [0.2, 0.25) is 0 Å². The third-order valence-corrected chi connectivity index (χ3v) is 4.58. The first-order valence-corrected chi connectivity index (χ1v) is 8.01. The fraction of sp³-hybridized carbons (Fsp3) is 0.611. The zero-order valence-corrected chi connectivity index (χ0v) is 13.7. The van der Waals surface area contributed by atoms with Gasteiger partial charge in [-0.25, -0.2) is 0 Å². The number of hydrogen-bond donors (Lipinski definition) is 0. The first-order chi connectivity index (χ1) is 10.0. The first-order valence-electron chi connectivity index (χ1n) is 8.01. The van der Waals surface area contributed by atoms with Gasteiger partial charge in [0.05, 0.1) is 13.2 Å². The van der Waals surface area contributed by atoms with E-state index in [1.54, 1.807) is 0 Å². The van der Waals surface area contributed by atoms with Gasteiger partial charge in [-0.3, -0.25) is 9.69 Å². The Balaban J connectivity index is 2.07. The molecule has 1 saturated heterocycles. The van der Waals surface area contributed by atoms with Crippen molar-refractivity contribution in [2.45, 2.75) is 40.5 Å². The minimum absolute atomic E-state index is 0.230. The minimum atomic E-state index is 0.230. The average Bonchev–Trinajstić information content (AvgIpc) is 2.46. The van der Waals surface area contributed by atoms with E-state index in [2.05, 4.69) is 11.8 Å². The van der Waals surface area contributed by atoms with Crippen molar-refractivity contribution in [3.8, 4) is 5.75 Å². The molecule has 21 heavy (non-hydrogen) atoms. The first kappa shape index (κ1) is 16.0. The summed E-state index contributed by atoms with van der Waals surface area (Å²) < 4.78 is 5.59. The van der Waals surface area contributed by atoms with Crippen LogP contribution in [0.4, 0.5) is 0 Å². The summed E-state index contributed by atoms with van der Waals surface area (Å²) in [5.41, 5.74) is 2.97. The Morgan fingerprint density at radius 2 is 1.90 bits per heavy atom. The zero-order chi connectivity index (χ0) is 15.4. The van der Waals surface area contributed by atoms with E-state index in [4.69, 9.17) is 4.74 Å². The number of ether oxygens (including phenoxy) is 1. The van der Waals surface area contributed by atoms with Gasteiger partial charge in [0, 0.05) is 5.56 Å². The second kappa shape index (κ2) is 7.08. The second-order valence-corrected chi connectivity index (χ2v) is 6.18. The molecule has 2 rings (SSSR count). The summed E-state index contributed by atoms with van der Waals surface area (Å²) in [6.45, 7) is 11.6. The van der Waals surface area contributed by atoms with Crippen molar-refractivity contribution in [1.82, 2.24) is 4.90 Å². The molecule has 0 spiro atoms. The van der Waals surface area contributed by atoms with Crippen molar-refractivity contribution in [3.63, 3.8) is 0 Å². The van der Waals surface area contributed by atoms with E-state index in [9.17, 15) is 4.79 Å². The highest BCUT2D eigenvalue weighted by Crippen LogP contribution is 2.25. The molecule has 0 aliphatic carbocycles. The number of nitrogens with zero attached hydrogens (tertiary/aromatic N) is 1. The Morgan fingerprint density at radius 3 is 2.52 bits per heavy atom. The maximum Gasteiger partial charge on any atom is 0.177 e. The van der Waals surface area contributed by atoms with Crippen LogP contribution in [0, 0.1) is 19.8 Å². The molecule has 3 nitrogen and oxygen atoms in total. The van der Waals surface area contributed by atoms with Crippen LogP contribution in [-0.2, 0) is 0 Å². The van der Waals surface area contributed by atoms with Gasteiger partial charge in [-0.15, -0.1) is 0 Å². The molecule has 0 amide bonds. The molecule has 0 radical (unpaired) electrons. The standard InChI is InChI=1S/C18H27NO2/c1-5-21-18-7-6-16(14(3)15(18)4)17(20)12-19-10-8-13(2)9-11-19/h6-7,13H,5,8-12H2,1-4H3. The Hall–Kier alpha value is -1.35. The van der Waals surface area contributed by atoms with Gasteiger partial charge in [-0.2, -0.15) is 0 Å². The molecule has 0 N–H and O–H groups in total. The number of likely N-dealkylation sites (tertiary alicyclic amines) is 1. The average molecular weight is 289 g/mol. The second-order valence-electron chi connectivity index (χ2n) is 6.18. The van der Waals surface area contributed by atoms with Crippen molar-refractivity contribution in [2.24, 2.45) is 5.92 Å². The SMILES string of the molecule is CCOc1ccc(C(=O)CN2CCC(C)CC2)c(C)c1C. The van der Waals surface area contributed by atoms with Crippen molar-refractivity contribution in [1.29, 1.82) is 0 Å². The molecule has 1 aromatic carbocycles. The van der Waals surface area contributed by atoms with E-state index < -0.39 is 0 Å². The fourth-order valence-electron chi connectivity index (χ4n) is 2.92. The van der Waals surface area contributed by atoms with Crippen LogP contribution < -0.4 is 4.74 Å². The maximum atomic E-state index is 12.6. The molecule has 1 heterocycles. The number of ketones is 1. The Morgan fingerprint density at radius 1 is 1.24 bits per heavy atom. The van der Waals surface area contributed by atoms with E-state index in [1.807, 2.05) is 32.9 Å². The van der Waals surface area contributed by atoms with Crippen LogP contribution in [0.3, 0.4) is 0 Å². The van der Waals surface area contributed by atoms with E-state index in [0.29, 0.717) is 13.2 Å². The van der Waals surface area contributed by atoms with Crippen LogP contribution in [0.15, 0.2) is 12.1 Å². The van der Waals surface area contributed by atoms with Crippen molar-refractivity contribution in [3.05, 3.63) is 28.8 Å². The van der Waals surface area contributed by atoms with Gasteiger partial charge >= 0.3 is 0 Å². The largest absolute Gasteiger partial charge is 0.494 e. The van der Waals surface area contributed by atoms with E-state index in [-0.39, 0.29) is 5.78 Å². The molecule has 0 aromatic heterocycles. The summed E-state index contributed by atoms with van der Waals surface area (Å²) in [4.78, 5) is 14.8. The number of benzene rings is 1. The van der Waals surface area contributed by atoms with Crippen LogP contribution >= 0.6 is 0 Å². The summed E-state index contributed by atoms with van der Waals surface area (Å²) in [5, 5.41) is 0. The number of hydrogen-bond acceptors (Lipinski definition) is 3. The summed E-state index contributed by atoms with van der Waals surface area (Å²) in [6.07, 6.45) is 2.41. The van der Waals surface area contributed by atoms with Crippen LogP contribution in [-0.4, -0.2) is 36.9 Å². The normalized spacial score (nSPS) is 17.0. The monoisotopic (exact) mass is 289 g/mol. The number of carbonyl (C=O) groups excluding carboxylic acids is 1. The molecule has 0 unspecified atom stereocenters. The molecule has 1 fully saturated rings. The predicted molar refractivity (Wildman–Crippen MR) is 86.3 cm³/mol. The van der Waals surface area contributed by atoms with Crippen molar-refractivity contribution in [2.75, 3.05) is 26.2 Å². The molecule has 3 heteroatoms. The summed E-state index contributed by atoms with van der Waals surface area (Å²) in [6, 6.07) is 3.85. The highest BCUT2D eigenvalue weighted by Gasteiger charge is 2.20. The number of carbonyl (C=O) groups is 1. The molecule has 0 atom stereocenters. The third kappa shape index (κ3) is 3.85. The van der Waals surface area contributed by atoms with Crippen LogP contribution in [0.5, 0.6) is 5.75 Å². The van der Waals surface area contributed by atoms with Gasteiger partial charge in [0.2, 0.25) is 0 Å². The third-order valence-electron chi connectivity index (χ3n) is 4.58. The molecule has 116 valence electrons. The van der Waals surface area contributed by atoms with Crippen molar-refractivity contribution < 1.29 is 9.53 Å². The minimum Gasteiger partial charge on any atom is -0.494 e. The van der Waals surface area contributed by atoms with E-state index in [0.717, 1.165) is 41.4 Å². The van der Waals surface area contributed by atoms with Gasteiger partial charge in [0.25, 0.3) is 0 Å². The van der Waals surface area contributed by atoms with Gasteiger partial charge in [0.1, 0.15) is 5.75 Å². The lowest BCUT2D eigenvalue weighted by molar-refractivity contribution is 0.0899. The fourth-order valence-corrected chi connectivity index (χ4v) is 2.92. The Labute approximate surface area is 128 Å². The lowest BCUT2D eigenvalue weighted by atomic mass is 9.96. The molecular weight excluding hydrogens is 262 g/mol. The predicted octanol–water partition coefficient (Wildman–Crippen LogP) is 3.62. The van der Waals surface area contributed by atoms with E-state index in [1.165, 1.54) is 12.8 Å². The molecule has 0 bridgehead atoms. The van der Waals surface area contributed by atoms with Gasteiger partial charge < -0.3 is 4.74 Å². The summed E-state index contributed by atoms with van der Waals surface area (Å²) in [5.74, 6) is 1.91. The van der Waals surface area contributed by atoms with Crippen molar-refractivity contribution >= 4 is 5.78 Å². The van der Waals surface area contributed by atoms with Gasteiger partial charge in [-0.1, -0.05) is 6.92 Å². The molecule has 1 aromatic rings. The molecular formula is C18H27NO2. The lowest BCUT2D eigenvalue weighted by Gasteiger charge is -2.29. The van der Waals surface area contributed by atoms with Crippen LogP contribution in [0.1, 0.15) is 48.2 Å². The zero-order valence-electron chi connectivity index (χ0n) is 13.7. The van der Waals surface area contributed by atoms with E-state index >= 15 is 0 Å². The highest BCUT2D eigenvalue weighted by molar-refractivity contribution is 5.99. The smallest absolute Gasteiger partial charge is 0.177 e. The summed E-state index contributed by atoms with van der Waals surface area (Å²) >= 11 is 0. The van der Waals surface area contributed by atoms with Crippen LogP contribution in [0.25, 0.3) is 0 Å².